The topological polar surface area (TPSA) is 35.5 Å². The molecule has 4 aromatic rings. The van der Waals surface area contributed by atoms with E-state index in [9.17, 15) is 0 Å². The van der Waals surface area contributed by atoms with E-state index in [4.69, 9.17) is 12.9 Å². The van der Waals surface area contributed by atoms with Crippen LogP contribution in [0.5, 0.6) is 5.75 Å². The third-order valence-corrected chi connectivity index (χ3v) is 6.65. The van der Waals surface area contributed by atoms with Crippen LogP contribution in [0.4, 0.5) is 0 Å². The summed E-state index contributed by atoms with van der Waals surface area (Å²) in [6.07, 6.45) is 0. The van der Waals surface area contributed by atoms with Gasteiger partial charge in [-0.1, -0.05) is 51.1 Å². The molecule has 1 aromatic heterocycles. The lowest BCUT2D eigenvalue weighted by Gasteiger charge is -2.20. The fourth-order valence-corrected chi connectivity index (χ4v) is 5.41. The van der Waals surface area contributed by atoms with Gasteiger partial charge in [-0.05, 0) is 80.0 Å². The summed E-state index contributed by atoms with van der Waals surface area (Å²) < 4.78 is 19.5. The maximum atomic E-state index is 6.58. The third-order valence-electron chi connectivity index (χ3n) is 5.66. The minimum atomic E-state index is -1.68. The van der Waals surface area contributed by atoms with Crippen molar-refractivity contribution in [3.05, 3.63) is 75.8 Å². The smallest absolute Gasteiger partial charge is 0.390 e. The number of fused-ring (bicyclic) bond motifs is 3. The number of hydrogen-bond donors (Lipinski definition) is 0. The van der Waals surface area contributed by atoms with E-state index in [-0.39, 0.29) is 5.41 Å². The monoisotopic (exact) mass is 434 g/mol. The molecule has 1 heterocycles. The average molecular weight is 435 g/mol. The maximum Gasteiger partial charge on any atom is 0.453 e. The highest BCUT2D eigenvalue weighted by molar-refractivity contribution is 7.32. The van der Waals surface area contributed by atoms with Gasteiger partial charge < -0.3 is 12.9 Å². The van der Waals surface area contributed by atoms with Crippen LogP contribution in [0.3, 0.4) is 0 Å². The van der Waals surface area contributed by atoms with Gasteiger partial charge in [-0.15, -0.1) is 0 Å². The number of benzene rings is 3. The van der Waals surface area contributed by atoms with Crippen molar-refractivity contribution < 1.29 is 12.9 Å². The summed E-state index contributed by atoms with van der Waals surface area (Å²) in [5.74, 6) is 0.827. The zero-order valence-corrected chi connectivity index (χ0v) is 20.6. The molecule has 0 spiro atoms. The molecule has 4 rings (SSSR count). The zero-order chi connectivity index (χ0) is 22.5. The molecule has 3 aromatic carbocycles. The minimum Gasteiger partial charge on any atom is -0.390 e. The van der Waals surface area contributed by atoms with E-state index >= 15 is 0 Å². The second-order valence-corrected chi connectivity index (χ2v) is 10.6. The standard InChI is InChI=1S/C27H31O3P/c1-16-12-20(5)25-21(13-16)22-14-17(2)15-23(27(6,7)8)26(22)30-31(29-25)28-24-18(3)10-9-11-19(24)4/h9-15H,1-8H3. The highest BCUT2D eigenvalue weighted by atomic mass is 31.1. The second kappa shape index (κ2) is 7.80. The lowest BCUT2D eigenvalue weighted by molar-refractivity contribution is 0.488. The zero-order valence-electron chi connectivity index (χ0n) is 19.7. The SMILES string of the molecule is Cc1cc(C)c2op(Oc3c(C)cccc3C)oc3c(C(C)(C)C)cc(C)cc3c2c1. The summed E-state index contributed by atoms with van der Waals surface area (Å²) in [5.41, 5.74) is 8.41. The molecule has 1 unspecified atom stereocenters. The predicted octanol–water partition coefficient (Wildman–Crippen LogP) is 8.97. The number of rotatable bonds is 2. The Morgan fingerprint density at radius 2 is 1.26 bits per heavy atom. The van der Waals surface area contributed by atoms with E-state index in [0.29, 0.717) is 0 Å². The molecule has 162 valence electrons. The Bertz CT molecular complexity index is 1320. The highest BCUT2D eigenvalue weighted by Crippen LogP contribution is 2.43. The van der Waals surface area contributed by atoms with Crippen LogP contribution >= 0.6 is 8.24 Å². The van der Waals surface area contributed by atoms with Crippen LogP contribution in [0.2, 0.25) is 0 Å². The van der Waals surface area contributed by atoms with Gasteiger partial charge in [-0.25, -0.2) is 0 Å². The average Bonchev–Trinajstić information content (AvgIpc) is 2.81. The molecular formula is C27H31O3P. The van der Waals surface area contributed by atoms with Crippen LogP contribution in [0.15, 0.2) is 50.9 Å². The van der Waals surface area contributed by atoms with Gasteiger partial charge in [0.2, 0.25) is 0 Å². The van der Waals surface area contributed by atoms with Gasteiger partial charge in [0.25, 0.3) is 0 Å². The van der Waals surface area contributed by atoms with E-state index in [1.807, 2.05) is 6.07 Å². The van der Waals surface area contributed by atoms with Gasteiger partial charge >= 0.3 is 8.24 Å². The molecule has 0 saturated carbocycles. The van der Waals surface area contributed by atoms with Crippen LogP contribution < -0.4 is 4.52 Å². The van der Waals surface area contributed by atoms with Crippen molar-refractivity contribution in [2.45, 2.75) is 60.8 Å². The molecule has 0 aliphatic heterocycles. The first-order chi connectivity index (χ1) is 14.5. The molecular weight excluding hydrogens is 403 g/mol. The highest BCUT2D eigenvalue weighted by Gasteiger charge is 2.22. The molecule has 1 atom stereocenters. The fourth-order valence-electron chi connectivity index (χ4n) is 4.13. The molecule has 0 bridgehead atoms. The van der Waals surface area contributed by atoms with E-state index in [1.165, 1.54) is 11.1 Å². The summed E-state index contributed by atoms with van der Waals surface area (Å²) in [7, 11) is -1.68. The third kappa shape index (κ3) is 4.12. The van der Waals surface area contributed by atoms with Gasteiger partial charge in [0.1, 0.15) is 16.9 Å². The van der Waals surface area contributed by atoms with Crippen LogP contribution in [-0.2, 0) is 5.41 Å². The van der Waals surface area contributed by atoms with Crippen LogP contribution in [-0.4, -0.2) is 0 Å². The van der Waals surface area contributed by atoms with E-state index in [1.54, 1.807) is 0 Å². The van der Waals surface area contributed by atoms with Crippen molar-refractivity contribution in [3.8, 4) is 5.75 Å². The Morgan fingerprint density at radius 1 is 0.710 bits per heavy atom. The largest absolute Gasteiger partial charge is 0.453 e. The van der Waals surface area contributed by atoms with Crippen LogP contribution in [0.1, 0.15) is 54.2 Å². The molecule has 4 heteroatoms. The van der Waals surface area contributed by atoms with E-state index < -0.39 is 8.24 Å². The van der Waals surface area contributed by atoms with Crippen molar-refractivity contribution in [2.75, 3.05) is 0 Å². The molecule has 0 saturated heterocycles. The van der Waals surface area contributed by atoms with Gasteiger partial charge in [-0.2, -0.15) is 0 Å². The van der Waals surface area contributed by atoms with Crippen molar-refractivity contribution in [1.29, 1.82) is 0 Å². The van der Waals surface area contributed by atoms with Crippen molar-refractivity contribution >= 4 is 30.2 Å². The van der Waals surface area contributed by atoms with Crippen LogP contribution in [0, 0.1) is 34.6 Å². The van der Waals surface area contributed by atoms with Crippen molar-refractivity contribution in [2.24, 2.45) is 0 Å². The van der Waals surface area contributed by atoms with E-state index in [2.05, 4.69) is 91.8 Å². The van der Waals surface area contributed by atoms with Gasteiger partial charge in [-0.3, -0.25) is 0 Å². The van der Waals surface area contributed by atoms with Crippen LogP contribution in [0.25, 0.3) is 21.9 Å². The Labute approximate surface area is 185 Å². The van der Waals surface area contributed by atoms with Gasteiger partial charge in [0.15, 0.2) is 0 Å². The second-order valence-electron chi connectivity index (χ2n) is 9.62. The Hall–Kier alpha value is -2.64. The summed E-state index contributed by atoms with van der Waals surface area (Å²) in [5, 5.41) is 2.14. The first kappa shape index (κ1) is 21.6. The Kier molecular flexibility index (Phi) is 5.43. The lowest BCUT2D eigenvalue weighted by atomic mass is 9.84. The summed E-state index contributed by atoms with van der Waals surface area (Å²) in [6.45, 7) is 17.1. The Balaban J connectivity index is 2.16. The first-order valence-electron chi connectivity index (χ1n) is 10.7. The minimum absolute atomic E-state index is 0.0843. The number of para-hydroxylation sites is 1. The van der Waals surface area contributed by atoms with Crippen molar-refractivity contribution in [1.82, 2.24) is 0 Å². The molecule has 0 radical (unpaired) electrons. The predicted molar refractivity (Wildman–Crippen MR) is 131 cm³/mol. The van der Waals surface area contributed by atoms with E-state index in [0.717, 1.165) is 49.9 Å². The molecule has 0 N–H and O–H groups in total. The quantitative estimate of drug-likeness (QED) is 0.316. The molecule has 31 heavy (non-hydrogen) atoms. The number of aryl methyl sites for hydroxylation is 5. The molecule has 0 fully saturated rings. The normalized spacial score (nSPS) is 12.5. The first-order valence-corrected chi connectivity index (χ1v) is 11.8. The maximum absolute atomic E-state index is 6.58. The van der Waals surface area contributed by atoms with Crippen molar-refractivity contribution in [3.63, 3.8) is 0 Å². The summed E-state index contributed by atoms with van der Waals surface area (Å²) >= 11 is 0. The van der Waals surface area contributed by atoms with Gasteiger partial charge in [0.05, 0.1) is 0 Å². The lowest BCUT2D eigenvalue weighted by Crippen LogP contribution is -2.11. The molecule has 0 aliphatic rings. The Morgan fingerprint density at radius 3 is 1.87 bits per heavy atom. The molecule has 0 aliphatic carbocycles. The van der Waals surface area contributed by atoms with Gasteiger partial charge in [0, 0.05) is 16.3 Å². The molecule has 0 amide bonds. The summed E-state index contributed by atoms with van der Waals surface area (Å²) in [4.78, 5) is 0. The number of hydrogen-bond acceptors (Lipinski definition) is 3. The molecule has 3 nitrogen and oxygen atoms in total. The summed E-state index contributed by atoms with van der Waals surface area (Å²) in [6, 6.07) is 14.9. The fraction of sp³-hybridized carbons (Fsp3) is 0.333.